The van der Waals surface area contributed by atoms with Gasteiger partial charge in [-0.3, -0.25) is 0 Å². The van der Waals surface area contributed by atoms with Crippen LogP contribution >= 0.6 is 15.9 Å². The maximum Gasteiger partial charge on any atom is 0.221 e. The molecule has 1 atom stereocenters. The minimum atomic E-state index is 0.310. The monoisotopic (exact) mass is 304 g/mol. The van der Waals surface area contributed by atoms with Crippen molar-refractivity contribution in [3.8, 4) is 0 Å². The largest absolute Gasteiger partial charge is 0.368 e. The SMILES string of the molecule is CC1Cc2cc(Br)ccc2N1c1ccnc(N)n1. The highest BCUT2D eigenvalue weighted by molar-refractivity contribution is 9.10. The number of nitrogens with zero attached hydrogens (tertiary/aromatic N) is 3. The normalized spacial score (nSPS) is 17.9. The molecule has 1 aliphatic rings. The summed E-state index contributed by atoms with van der Waals surface area (Å²) < 4.78 is 1.11. The summed E-state index contributed by atoms with van der Waals surface area (Å²) in [4.78, 5) is 10.5. The van der Waals surface area contributed by atoms with E-state index in [0.29, 0.717) is 12.0 Å². The van der Waals surface area contributed by atoms with E-state index in [0.717, 1.165) is 16.7 Å². The molecule has 3 rings (SSSR count). The second kappa shape index (κ2) is 4.24. The van der Waals surface area contributed by atoms with Crippen LogP contribution in [0.25, 0.3) is 0 Å². The molecule has 5 heteroatoms. The topological polar surface area (TPSA) is 55.0 Å². The first-order valence-corrected chi connectivity index (χ1v) is 6.60. The van der Waals surface area contributed by atoms with Crippen LogP contribution in [-0.2, 0) is 6.42 Å². The molecule has 0 spiro atoms. The van der Waals surface area contributed by atoms with Crippen LogP contribution in [0.3, 0.4) is 0 Å². The smallest absolute Gasteiger partial charge is 0.221 e. The number of nitrogens with two attached hydrogens (primary N) is 1. The summed E-state index contributed by atoms with van der Waals surface area (Å²) in [6.45, 7) is 2.19. The molecule has 0 saturated heterocycles. The molecule has 0 amide bonds. The average Bonchev–Trinajstić information content (AvgIpc) is 2.64. The van der Waals surface area contributed by atoms with Crippen molar-refractivity contribution in [3.05, 3.63) is 40.5 Å². The maximum absolute atomic E-state index is 5.66. The van der Waals surface area contributed by atoms with Crippen LogP contribution in [0.4, 0.5) is 17.5 Å². The van der Waals surface area contributed by atoms with Gasteiger partial charge in [-0.1, -0.05) is 15.9 Å². The van der Waals surface area contributed by atoms with E-state index < -0.39 is 0 Å². The Morgan fingerprint density at radius 2 is 2.22 bits per heavy atom. The van der Waals surface area contributed by atoms with E-state index >= 15 is 0 Å². The predicted octanol–water partition coefficient (Wildman–Crippen LogP) is 2.90. The molecule has 0 radical (unpaired) electrons. The molecule has 2 heterocycles. The number of hydrogen-bond acceptors (Lipinski definition) is 4. The Morgan fingerprint density at radius 1 is 1.39 bits per heavy atom. The lowest BCUT2D eigenvalue weighted by Gasteiger charge is -2.23. The summed E-state index contributed by atoms with van der Waals surface area (Å²) in [5.41, 5.74) is 8.19. The van der Waals surface area contributed by atoms with Gasteiger partial charge in [0.2, 0.25) is 5.95 Å². The average molecular weight is 305 g/mol. The molecule has 0 bridgehead atoms. The van der Waals surface area contributed by atoms with Crippen molar-refractivity contribution in [2.75, 3.05) is 10.6 Å². The van der Waals surface area contributed by atoms with Gasteiger partial charge in [-0.15, -0.1) is 0 Å². The van der Waals surface area contributed by atoms with Crippen LogP contribution in [0.15, 0.2) is 34.9 Å². The zero-order valence-electron chi connectivity index (χ0n) is 9.97. The molecule has 1 unspecified atom stereocenters. The third kappa shape index (κ3) is 1.84. The van der Waals surface area contributed by atoms with E-state index in [4.69, 9.17) is 5.73 Å². The number of fused-ring (bicyclic) bond motifs is 1. The van der Waals surface area contributed by atoms with Crippen LogP contribution in [0.2, 0.25) is 0 Å². The third-order valence-electron chi connectivity index (χ3n) is 3.16. The van der Waals surface area contributed by atoms with E-state index in [9.17, 15) is 0 Å². The van der Waals surface area contributed by atoms with Crippen LogP contribution in [0.5, 0.6) is 0 Å². The Bertz CT molecular complexity index is 599. The lowest BCUT2D eigenvalue weighted by molar-refractivity contribution is 0.750. The van der Waals surface area contributed by atoms with Gasteiger partial charge in [0.25, 0.3) is 0 Å². The molecule has 1 aliphatic heterocycles. The van der Waals surface area contributed by atoms with Crippen LogP contribution in [0, 0.1) is 0 Å². The third-order valence-corrected chi connectivity index (χ3v) is 3.66. The summed E-state index contributed by atoms with van der Waals surface area (Å²) in [7, 11) is 0. The number of nitrogen functional groups attached to an aromatic ring is 1. The molecule has 2 N–H and O–H groups in total. The van der Waals surface area contributed by atoms with E-state index in [1.165, 1.54) is 11.3 Å². The maximum atomic E-state index is 5.66. The van der Waals surface area contributed by atoms with Crippen molar-refractivity contribution < 1.29 is 0 Å². The highest BCUT2D eigenvalue weighted by Gasteiger charge is 2.28. The summed E-state index contributed by atoms with van der Waals surface area (Å²) in [5, 5.41) is 0. The first kappa shape index (κ1) is 11.5. The highest BCUT2D eigenvalue weighted by Crippen LogP contribution is 2.38. The van der Waals surface area contributed by atoms with Crippen molar-refractivity contribution in [2.45, 2.75) is 19.4 Å². The van der Waals surface area contributed by atoms with Gasteiger partial charge >= 0.3 is 0 Å². The molecule has 18 heavy (non-hydrogen) atoms. The fraction of sp³-hybridized carbons (Fsp3) is 0.231. The van der Waals surface area contributed by atoms with E-state index in [2.05, 4.69) is 55.9 Å². The number of rotatable bonds is 1. The molecule has 2 aromatic rings. The van der Waals surface area contributed by atoms with Crippen LogP contribution in [-0.4, -0.2) is 16.0 Å². The van der Waals surface area contributed by atoms with Crippen LogP contribution in [0.1, 0.15) is 12.5 Å². The Labute approximate surface area is 114 Å². The first-order chi connectivity index (χ1) is 8.65. The predicted molar refractivity (Wildman–Crippen MR) is 75.9 cm³/mol. The molecular weight excluding hydrogens is 292 g/mol. The number of aromatic nitrogens is 2. The van der Waals surface area contributed by atoms with E-state index in [1.807, 2.05) is 6.07 Å². The lowest BCUT2D eigenvalue weighted by atomic mass is 10.1. The quantitative estimate of drug-likeness (QED) is 0.880. The van der Waals surface area contributed by atoms with E-state index in [-0.39, 0.29) is 0 Å². The minimum Gasteiger partial charge on any atom is -0.368 e. The summed E-state index contributed by atoms with van der Waals surface area (Å²) in [6.07, 6.45) is 2.71. The summed E-state index contributed by atoms with van der Waals surface area (Å²) in [5.74, 6) is 1.17. The summed E-state index contributed by atoms with van der Waals surface area (Å²) in [6, 6.07) is 8.60. The van der Waals surface area contributed by atoms with Gasteiger partial charge in [-0.25, -0.2) is 4.98 Å². The van der Waals surface area contributed by atoms with Crippen molar-refractivity contribution in [3.63, 3.8) is 0 Å². The Kier molecular flexibility index (Phi) is 2.70. The lowest BCUT2D eigenvalue weighted by Crippen LogP contribution is -2.25. The van der Waals surface area contributed by atoms with Gasteiger partial charge in [0.15, 0.2) is 0 Å². The molecule has 0 aliphatic carbocycles. The minimum absolute atomic E-state index is 0.310. The first-order valence-electron chi connectivity index (χ1n) is 5.81. The van der Waals surface area contributed by atoms with Crippen LogP contribution < -0.4 is 10.6 Å². The van der Waals surface area contributed by atoms with Gasteiger partial charge in [0.05, 0.1) is 0 Å². The van der Waals surface area contributed by atoms with Gasteiger partial charge in [0.1, 0.15) is 5.82 Å². The molecule has 0 saturated carbocycles. The number of anilines is 3. The van der Waals surface area contributed by atoms with Crippen molar-refractivity contribution >= 4 is 33.4 Å². The molecule has 1 aromatic carbocycles. The highest BCUT2D eigenvalue weighted by atomic mass is 79.9. The van der Waals surface area contributed by atoms with Gasteiger partial charge < -0.3 is 10.6 Å². The van der Waals surface area contributed by atoms with Crippen molar-refractivity contribution in [2.24, 2.45) is 0 Å². The van der Waals surface area contributed by atoms with E-state index in [1.54, 1.807) is 6.20 Å². The zero-order chi connectivity index (χ0) is 12.7. The standard InChI is InChI=1S/C13H13BrN4/c1-8-6-9-7-10(14)2-3-11(9)18(8)12-4-5-16-13(15)17-12/h2-5,7-8H,6H2,1H3,(H2,15,16,17). The fourth-order valence-corrected chi connectivity index (χ4v) is 2.86. The summed E-state index contributed by atoms with van der Waals surface area (Å²) >= 11 is 3.51. The number of benzene rings is 1. The van der Waals surface area contributed by atoms with Crippen molar-refractivity contribution in [1.29, 1.82) is 0 Å². The molecule has 0 fully saturated rings. The zero-order valence-corrected chi connectivity index (χ0v) is 11.6. The number of hydrogen-bond donors (Lipinski definition) is 1. The van der Waals surface area contributed by atoms with Gasteiger partial charge in [-0.05, 0) is 43.2 Å². The Balaban J connectivity index is 2.09. The van der Waals surface area contributed by atoms with Gasteiger partial charge in [-0.2, -0.15) is 4.98 Å². The van der Waals surface area contributed by atoms with Crippen molar-refractivity contribution in [1.82, 2.24) is 9.97 Å². The van der Waals surface area contributed by atoms with Gasteiger partial charge in [0, 0.05) is 22.4 Å². The molecule has 4 nitrogen and oxygen atoms in total. The molecular formula is C13H13BrN4. The Morgan fingerprint density at radius 3 is 3.00 bits per heavy atom. The fourth-order valence-electron chi connectivity index (χ4n) is 2.45. The second-order valence-corrected chi connectivity index (χ2v) is 5.38. The Hall–Kier alpha value is -1.62. The second-order valence-electron chi connectivity index (χ2n) is 4.47. The number of halogens is 1. The molecule has 1 aromatic heterocycles. The molecule has 92 valence electrons.